The molecule has 0 heterocycles. The van der Waals surface area contributed by atoms with E-state index in [9.17, 15) is 0 Å². The van der Waals surface area contributed by atoms with Gasteiger partial charge in [0, 0.05) is 13.1 Å². The van der Waals surface area contributed by atoms with E-state index in [1.807, 2.05) is 23.9 Å². The molecule has 0 fully saturated rings. The van der Waals surface area contributed by atoms with Gasteiger partial charge in [0.05, 0.1) is 18.0 Å². The van der Waals surface area contributed by atoms with Crippen LogP contribution in [0, 0.1) is 0 Å². The Morgan fingerprint density at radius 1 is 1.42 bits per heavy atom. The predicted octanol–water partition coefficient (Wildman–Crippen LogP) is 3.64. The molecule has 4 heteroatoms. The molecule has 1 aromatic carbocycles. The zero-order valence-corrected chi connectivity index (χ0v) is 13.3. The van der Waals surface area contributed by atoms with Crippen LogP contribution in [0.15, 0.2) is 18.2 Å². The number of para-hydroxylation sites is 1. The standard InChI is InChI=1S/C15H26N2OS/c1-5-10-18-14-8-6-7-13(15(14)16)17(3)12(2)9-11-19-4/h6-8,12H,5,9-11,16H2,1-4H3. The highest BCUT2D eigenvalue weighted by Gasteiger charge is 2.14. The number of benzene rings is 1. The molecule has 1 unspecified atom stereocenters. The van der Waals surface area contributed by atoms with Crippen LogP contribution in [-0.2, 0) is 0 Å². The SMILES string of the molecule is CCCOc1cccc(N(C)C(C)CCSC)c1N. The molecule has 0 amide bonds. The maximum Gasteiger partial charge on any atom is 0.144 e. The summed E-state index contributed by atoms with van der Waals surface area (Å²) in [7, 11) is 2.10. The van der Waals surface area contributed by atoms with Crippen LogP contribution < -0.4 is 15.4 Å². The molecule has 0 aliphatic carbocycles. The summed E-state index contributed by atoms with van der Waals surface area (Å²) in [5.74, 6) is 1.96. The first-order valence-electron chi connectivity index (χ1n) is 6.84. The Labute approximate surface area is 121 Å². The molecule has 0 bridgehead atoms. The third kappa shape index (κ3) is 4.53. The van der Waals surface area contributed by atoms with Crippen molar-refractivity contribution in [2.75, 3.05) is 36.3 Å². The first kappa shape index (κ1) is 16.0. The smallest absolute Gasteiger partial charge is 0.144 e. The predicted molar refractivity (Wildman–Crippen MR) is 87.5 cm³/mol. The van der Waals surface area contributed by atoms with Crippen molar-refractivity contribution >= 4 is 23.1 Å². The maximum absolute atomic E-state index is 6.22. The van der Waals surface area contributed by atoms with Gasteiger partial charge in [0.25, 0.3) is 0 Å². The summed E-state index contributed by atoms with van der Waals surface area (Å²) >= 11 is 1.88. The van der Waals surface area contributed by atoms with Gasteiger partial charge >= 0.3 is 0 Å². The van der Waals surface area contributed by atoms with Crippen LogP contribution in [-0.4, -0.2) is 31.7 Å². The lowest BCUT2D eigenvalue weighted by Gasteiger charge is -2.28. The molecule has 1 atom stereocenters. The Morgan fingerprint density at radius 2 is 2.16 bits per heavy atom. The number of hydrogen-bond donors (Lipinski definition) is 1. The van der Waals surface area contributed by atoms with Gasteiger partial charge in [-0.2, -0.15) is 11.8 Å². The van der Waals surface area contributed by atoms with Crippen molar-refractivity contribution < 1.29 is 4.74 Å². The molecular formula is C15H26N2OS. The van der Waals surface area contributed by atoms with Crippen LogP contribution in [0.5, 0.6) is 5.75 Å². The third-order valence-corrected chi connectivity index (χ3v) is 3.93. The Morgan fingerprint density at radius 3 is 2.79 bits per heavy atom. The second-order valence-electron chi connectivity index (χ2n) is 4.78. The number of anilines is 2. The van der Waals surface area contributed by atoms with Gasteiger partial charge in [-0.05, 0) is 43.9 Å². The lowest BCUT2D eigenvalue weighted by Crippen LogP contribution is -2.30. The molecule has 0 radical (unpaired) electrons. The lowest BCUT2D eigenvalue weighted by molar-refractivity contribution is 0.319. The van der Waals surface area contributed by atoms with Crippen molar-refractivity contribution in [3.05, 3.63) is 18.2 Å². The van der Waals surface area contributed by atoms with Crippen LogP contribution in [0.2, 0.25) is 0 Å². The zero-order valence-electron chi connectivity index (χ0n) is 12.5. The lowest BCUT2D eigenvalue weighted by atomic mass is 10.1. The Balaban J connectivity index is 2.81. The molecule has 0 saturated carbocycles. The van der Waals surface area contributed by atoms with Crippen LogP contribution in [0.4, 0.5) is 11.4 Å². The second kappa shape index (κ2) is 8.20. The number of nitrogens with two attached hydrogens (primary N) is 1. The van der Waals surface area contributed by atoms with Crippen molar-refractivity contribution in [1.82, 2.24) is 0 Å². The van der Waals surface area contributed by atoms with E-state index in [1.54, 1.807) is 0 Å². The van der Waals surface area contributed by atoms with Gasteiger partial charge in [-0.3, -0.25) is 0 Å². The van der Waals surface area contributed by atoms with E-state index in [2.05, 4.69) is 38.1 Å². The van der Waals surface area contributed by atoms with Crippen LogP contribution in [0.1, 0.15) is 26.7 Å². The minimum absolute atomic E-state index is 0.469. The first-order valence-corrected chi connectivity index (χ1v) is 8.24. The first-order chi connectivity index (χ1) is 9.11. The fourth-order valence-corrected chi connectivity index (χ4v) is 2.47. The number of nitrogen functional groups attached to an aromatic ring is 1. The maximum atomic E-state index is 6.22. The minimum atomic E-state index is 0.469. The van der Waals surface area contributed by atoms with E-state index < -0.39 is 0 Å². The molecule has 0 aliphatic rings. The van der Waals surface area contributed by atoms with Gasteiger partial charge in [0.2, 0.25) is 0 Å². The minimum Gasteiger partial charge on any atom is -0.491 e. The summed E-state index contributed by atoms with van der Waals surface area (Å²) < 4.78 is 5.68. The summed E-state index contributed by atoms with van der Waals surface area (Å²) in [5.41, 5.74) is 8.02. The van der Waals surface area contributed by atoms with E-state index in [-0.39, 0.29) is 0 Å². The largest absolute Gasteiger partial charge is 0.491 e. The summed E-state index contributed by atoms with van der Waals surface area (Å²) in [4.78, 5) is 2.24. The highest BCUT2D eigenvalue weighted by Crippen LogP contribution is 2.33. The summed E-state index contributed by atoms with van der Waals surface area (Å²) in [6, 6.07) is 6.48. The molecule has 19 heavy (non-hydrogen) atoms. The summed E-state index contributed by atoms with van der Waals surface area (Å²) in [5, 5.41) is 0. The normalized spacial score (nSPS) is 12.2. The van der Waals surface area contributed by atoms with Crippen molar-refractivity contribution in [3.63, 3.8) is 0 Å². The molecule has 1 aromatic rings. The Hall–Kier alpha value is -1.03. The van der Waals surface area contributed by atoms with E-state index in [0.29, 0.717) is 12.6 Å². The van der Waals surface area contributed by atoms with Crippen molar-refractivity contribution in [3.8, 4) is 5.75 Å². The van der Waals surface area contributed by atoms with Gasteiger partial charge in [-0.1, -0.05) is 13.0 Å². The quantitative estimate of drug-likeness (QED) is 0.739. The highest BCUT2D eigenvalue weighted by atomic mass is 32.2. The van der Waals surface area contributed by atoms with Crippen molar-refractivity contribution in [2.45, 2.75) is 32.7 Å². The molecule has 1 rings (SSSR count). The number of ether oxygens (including phenoxy) is 1. The number of thioether (sulfide) groups is 1. The summed E-state index contributed by atoms with van der Waals surface area (Å²) in [6.45, 7) is 5.03. The second-order valence-corrected chi connectivity index (χ2v) is 5.76. The van der Waals surface area contributed by atoms with E-state index in [1.165, 1.54) is 0 Å². The van der Waals surface area contributed by atoms with Crippen molar-refractivity contribution in [2.24, 2.45) is 0 Å². The van der Waals surface area contributed by atoms with Crippen LogP contribution in [0.3, 0.4) is 0 Å². The van der Waals surface area contributed by atoms with Gasteiger partial charge in [0.1, 0.15) is 5.75 Å². The number of nitrogens with zero attached hydrogens (tertiary/aromatic N) is 1. The van der Waals surface area contributed by atoms with Gasteiger partial charge in [0.15, 0.2) is 0 Å². The van der Waals surface area contributed by atoms with Crippen LogP contribution >= 0.6 is 11.8 Å². The molecule has 108 valence electrons. The van der Waals surface area contributed by atoms with Gasteiger partial charge in [-0.25, -0.2) is 0 Å². The number of hydrogen-bond acceptors (Lipinski definition) is 4. The highest BCUT2D eigenvalue weighted by molar-refractivity contribution is 7.98. The van der Waals surface area contributed by atoms with Crippen LogP contribution in [0.25, 0.3) is 0 Å². The summed E-state index contributed by atoms with van der Waals surface area (Å²) in [6.07, 6.45) is 4.28. The Bertz CT molecular complexity index is 384. The average molecular weight is 282 g/mol. The van der Waals surface area contributed by atoms with E-state index >= 15 is 0 Å². The molecule has 0 aliphatic heterocycles. The molecular weight excluding hydrogens is 256 g/mol. The molecule has 2 N–H and O–H groups in total. The topological polar surface area (TPSA) is 38.5 Å². The fraction of sp³-hybridized carbons (Fsp3) is 0.600. The Kier molecular flexibility index (Phi) is 6.92. The molecule has 0 spiro atoms. The van der Waals surface area contributed by atoms with Gasteiger partial charge < -0.3 is 15.4 Å². The fourth-order valence-electron chi connectivity index (χ4n) is 1.90. The van der Waals surface area contributed by atoms with E-state index in [0.717, 1.165) is 35.7 Å². The van der Waals surface area contributed by atoms with Crippen molar-refractivity contribution in [1.29, 1.82) is 0 Å². The monoisotopic (exact) mass is 282 g/mol. The third-order valence-electron chi connectivity index (χ3n) is 3.29. The molecule has 0 saturated heterocycles. The van der Waals surface area contributed by atoms with Gasteiger partial charge in [-0.15, -0.1) is 0 Å². The molecule has 0 aromatic heterocycles. The average Bonchev–Trinajstić information content (AvgIpc) is 2.43. The number of rotatable bonds is 8. The van der Waals surface area contributed by atoms with E-state index in [4.69, 9.17) is 10.5 Å². The zero-order chi connectivity index (χ0) is 14.3. The molecule has 3 nitrogen and oxygen atoms in total.